The Kier molecular flexibility index (Phi) is 9.74. The number of nitrogens with one attached hydrogen (secondary N) is 1. The number of rotatable bonds is 11. The highest BCUT2D eigenvalue weighted by molar-refractivity contribution is 6.30. The fourth-order valence-electron chi connectivity index (χ4n) is 3.70. The molecule has 0 aromatic heterocycles. The van der Waals surface area contributed by atoms with Gasteiger partial charge in [0.2, 0.25) is 5.91 Å². The van der Waals surface area contributed by atoms with E-state index in [9.17, 15) is 15.0 Å². The SMILES string of the molecule is C=CC[C@@](N)(C[C@H](c1cccc(Cl)c1)[C@@H](O)c1ccc(Cl)cc1)C(=O)N[C@H](CO)C(C)C. The Morgan fingerprint density at radius 1 is 1.16 bits per heavy atom. The van der Waals surface area contributed by atoms with Crippen molar-refractivity contribution in [3.63, 3.8) is 0 Å². The third-order valence-corrected chi connectivity index (χ3v) is 6.22. The quantitative estimate of drug-likeness (QED) is 0.354. The minimum Gasteiger partial charge on any atom is -0.394 e. The van der Waals surface area contributed by atoms with E-state index in [-0.39, 0.29) is 25.4 Å². The summed E-state index contributed by atoms with van der Waals surface area (Å²) in [5.41, 5.74) is 6.69. The van der Waals surface area contributed by atoms with Crippen LogP contribution in [-0.4, -0.2) is 34.3 Å². The second-order valence-corrected chi connectivity index (χ2v) is 9.39. The van der Waals surface area contributed by atoms with Gasteiger partial charge in [-0.1, -0.05) is 67.4 Å². The average molecular weight is 479 g/mol. The van der Waals surface area contributed by atoms with Crippen molar-refractivity contribution in [1.29, 1.82) is 0 Å². The van der Waals surface area contributed by atoms with Crippen molar-refractivity contribution in [3.8, 4) is 0 Å². The first kappa shape index (κ1) is 26.4. The molecule has 1 amide bonds. The zero-order valence-corrected chi connectivity index (χ0v) is 20.0. The van der Waals surface area contributed by atoms with Gasteiger partial charge in [-0.05, 0) is 54.2 Å². The molecule has 4 atom stereocenters. The molecule has 174 valence electrons. The standard InChI is InChI=1S/C25H32Cl2N2O3/c1-4-12-25(28,24(32)29-22(15-30)16(2)3)14-21(18-6-5-7-20(27)13-18)23(31)17-8-10-19(26)11-9-17/h4-11,13,16,21-23,30-31H,1,12,14-15,28H2,2-3H3,(H,29,32)/t21-,22-,23+,25-/m1/s1. The molecule has 7 heteroatoms. The molecular formula is C25H32Cl2N2O3. The maximum Gasteiger partial charge on any atom is 0.240 e. The van der Waals surface area contributed by atoms with Crippen LogP contribution in [0.3, 0.4) is 0 Å². The molecule has 0 aliphatic heterocycles. The lowest BCUT2D eigenvalue weighted by Gasteiger charge is -2.35. The van der Waals surface area contributed by atoms with Gasteiger partial charge in [0.25, 0.3) is 0 Å². The molecule has 2 aromatic rings. The number of halogens is 2. The second-order valence-electron chi connectivity index (χ2n) is 8.52. The largest absolute Gasteiger partial charge is 0.394 e. The van der Waals surface area contributed by atoms with Gasteiger partial charge in [-0.3, -0.25) is 4.79 Å². The average Bonchev–Trinajstić information content (AvgIpc) is 2.75. The number of amides is 1. The number of aliphatic hydroxyl groups excluding tert-OH is 2. The first-order chi connectivity index (χ1) is 15.1. The van der Waals surface area contributed by atoms with Gasteiger partial charge in [0, 0.05) is 16.0 Å². The number of carbonyl (C=O) groups is 1. The highest BCUT2D eigenvalue weighted by atomic mass is 35.5. The first-order valence-corrected chi connectivity index (χ1v) is 11.4. The van der Waals surface area contributed by atoms with E-state index >= 15 is 0 Å². The molecule has 0 heterocycles. The number of benzene rings is 2. The summed E-state index contributed by atoms with van der Waals surface area (Å²) in [5.74, 6) is -0.905. The van der Waals surface area contributed by atoms with E-state index in [0.29, 0.717) is 15.6 Å². The number of aliphatic hydroxyl groups is 2. The van der Waals surface area contributed by atoms with Crippen LogP contribution < -0.4 is 11.1 Å². The van der Waals surface area contributed by atoms with Crippen molar-refractivity contribution in [2.75, 3.05) is 6.61 Å². The fourth-order valence-corrected chi connectivity index (χ4v) is 4.02. The van der Waals surface area contributed by atoms with E-state index in [0.717, 1.165) is 5.56 Å². The molecular weight excluding hydrogens is 447 g/mol. The summed E-state index contributed by atoms with van der Waals surface area (Å²) >= 11 is 12.2. The van der Waals surface area contributed by atoms with Crippen molar-refractivity contribution < 1.29 is 15.0 Å². The molecule has 0 saturated carbocycles. The predicted octanol–water partition coefficient (Wildman–Crippen LogP) is 4.61. The Morgan fingerprint density at radius 2 is 1.81 bits per heavy atom. The van der Waals surface area contributed by atoms with Gasteiger partial charge in [0.1, 0.15) is 0 Å². The van der Waals surface area contributed by atoms with E-state index in [1.54, 1.807) is 48.5 Å². The van der Waals surface area contributed by atoms with E-state index in [1.807, 2.05) is 19.9 Å². The molecule has 0 fully saturated rings. The van der Waals surface area contributed by atoms with Gasteiger partial charge >= 0.3 is 0 Å². The maximum absolute atomic E-state index is 13.2. The molecule has 5 N–H and O–H groups in total. The molecule has 2 rings (SSSR count). The molecule has 32 heavy (non-hydrogen) atoms. The van der Waals surface area contributed by atoms with Crippen molar-refractivity contribution in [1.82, 2.24) is 5.32 Å². The lowest BCUT2D eigenvalue weighted by atomic mass is 9.77. The molecule has 0 aliphatic rings. The van der Waals surface area contributed by atoms with Crippen molar-refractivity contribution in [2.45, 2.75) is 50.3 Å². The molecule has 0 aliphatic carbocycles. The number of nitrogens with two attached hydrogens (primary N) is 1. The minimum absolute atomic E-state index is 0.0281. The summed E-state index contributed by atoms with van der Waals surface area (Å²) in [6.45, 7) is 7.38. The summed E-state index contributed by atoms with van der Waals surface area (Å²) < 4.78 is 0. The van der Waals surface area contributed by atoms with Crippen molar-refractivity contribution in [3.05, 3.63) is 82.4 Å². The third-order valence-electron chi connectivity index (χ3n) is 5.73. The summed E-state index contributed by atoms with van der Waals surface area (Å²) in [6.07, 6.45) is 0.960. The van der Waals surface area contributed by atoms with Crippen LogP contribution in [0.15, 0.2) is 61.2 Å². The van der Waals surface area contributed by atoms with Gasteiger partial charge < -0.3 is 21.3 Å². The smallest absolute Gasteiger partial charge is 0.240 e. The van der Waals surface area contributed by atoms with Crippen molar-refractivity contribution >= 4 is 29.1 Å². The molecule has 0 radical (unpaired) electrons. The van der Waals surface area contributed by atoms with E-state index < -0.39 is 29.5 Å². The van der Waals surface area contributed by atoms with Gasteiger partial charge in [0.15, 0.2) is 0 Å². The van der Waals surface area contributed by atoms with Crippen LogP contribution in [0.4, 0.5) is 0 Å². The zero-order valence-electron chi connectivity index (χ0n) is 18.5. The van der Waals surface area contributed by atoms with E-state index in [2.05, 4.69) is 11.9 Å². The Balaban J connectivity index is 2.44. The monoisotopic (exact) mass is 478 g/mol. The molecule has 2 aromatic carbocycles. The van der Waals surface area contributed by atoms with E-state index in [1.165, 1.54) is 0 Å². The topological polar surface area (TPSA) is 95.6 Å². The Morgan fingerprint density at radius 3 is 2.34 bits per heavy atom. The summed E-state index contributed by atoms with van der Waals surface area (Å²) in [6, 6.07) is 13.6. The molecule has 5 nitrogen and oxygen atoms in total. The minimum atomic E-state index is -1.36. The summed E-state index contributed by atoms with van der Waals surface area (Å²) in [5, 5.41) is 24.9. The van der Waals surface area contributed by atoms with Crippen LogP contribution in [0.25, 0.3) is 0 Å². The molecule has 0 unspecified atom stereocenters. The number of hydrogen-bond acceptors (Lipinski definition) is 4. The Labute approximate surface area is 200 Å². The van der Waals surface area contributed by atoms with E-state index in [4.69, 9.17) is 28.9 Å². The molecule has 0 saturated heterocycles. The Hall–Kier alpha value is -1.89. The van der Waals surface area contributed by atoms with Crippen molar-refractivity contribution in [2.24, 2.45) is 11.7 Å². The summed E-state index contributed by atoms with van der Waals surface area (Å²) in [7, 11) is 0. The predicted molar refractivity (Wildman–Crippen MR) is 131 cm³/mol. The lowest BCUT2D eigenvalue weighted by molar-refractivity contribution is -0.128. The third kappa shape index (κ3) is 6.80. The van der Waals surface area contributed by atoms with Gasteiger partial charge in [-0.2, -0.15) is 0 Å². The highest BCUT2D eigenvalue weighted by Crippen LogP contribution is 2.39. The number of carbonyl (C=O) groups excluding carboxylic acids is 1. The van der Waals surface area contributed by atoms with Gasteiger partial charge in [0.05, 0.1) is 24.3 Å². The van der Waals surface area contributed by atoms with Crippen LogP contribution >= 0.6 is 23.2 Å². The maximum atomic E-state index is 13.2. The first-order valence-electron chi connectivity index (χ1n) is 10.6. The Bertz CT molecular complexity index is 904. The highest BCUT2D eigenvalue weighted by Gasteiger charge is 2.39. The van der Waals surface area contributed by atoms with Crippen LogP contribution in [0.2, 0.25) is 10.0 Å². The second kappa shape index (κ2) is 11.8. The van der Waals surface area contributed by atoms with Crippen LogP contribution in [0.5, 0.6) is 0 Å². The zero-order chi connectivity index (χ0) is 23.9. The fraction of sp³-hybridized carbons (Fsp3) is 0.400. The van der Waals surface area contributed by atoms with Crippen LogP contribution in [-0.2, 0) is 4.79 Å². The van der Waals surface area contributed by atoms with Crippen LogP contribution in [0.1, 0.15) is 49.8 Å². The molecule has 0 bridgehead atoms. The molecule has 0 spiro atoms. The lowest BCUT2D eigenvalue weighted by Crippen LogP contribution is -2.58. The summed E-state index contributed by atoms with van der Waals surface area (Å²) in [4.78, 5) is 13.2. The normalized spacial score (nSPS) is 16.1. The van der Waals surface area contributed by atoms with Gasteiger partial charge in [-0.15, -0.1) is 6.58 Å². The van der Waals surface area contributed by atoms with Crippen LogP contribution in [0, 0.1) is 5.92 Å². The van der Waals surface area contributed by atoms with Gasteiger partial charge in [-0.25, -0.2) is 0 Å². The number of hydrogen-bond donors (Lipinski definition) is 4.